The van der Waals surface area contributed by atoms with Crippen LogP contribution in [-0.2, 0) is 11.3 Å². The van der Waals surface area contributed by atoms with Gasteiger partial charge in [0.15, 0.2) is 0 Å². The molecule has 0 radical (unpaired) electrons. The first-order valence-electron chi connectivity index (χ1n) is 9.76. The van der Waals surface area contributed by atoms with Gasteiger partial charge in [-0.25, -0.2) is 0 Å². The molecule has 0 saturated carbocycles. The molecule has 7 nitrogen and oxygen atoms in total. The van der Waals surface area contributed by atoms with Crippen LogP contribution in [0.5, 0.6) is 5.75 Å². The van der Waals surface area contributed by atoms with Crippen LogP contribution < -0.4 is 10.1 Å². The summed E-state index contributed by atoms with van der Waals surface area (Å²) in [6.07, 6.45) is 6.92. The van der Waals surface area contributed by atoms with E-state index in [1.54, 1.807) is 31.6 Å². The second-order valence-electron chi connectivity index (χ2n) is 7.21. The van der Waals surface area contributed by atoms with Gasteiger partial charge in [0, 0.05) is 36.9 Å². The molecule has 3 aromatic rings. The number of nitrogens with one attached hydrogen (secondary N) is 1. The molecule has 3 heterocycles. The fourth-order valence-electron chi connectivity index (χ4n) is 3.78. The maximum absolute atomic E-state index is 12.7. The number of nitrogens with zero attached hydrogens (tertiary/aromatic N) is 3. The Hall–Kier alpha value is -3.35. The number of rotatable bonds is 5. The van der Waals surface area contributed by atoms with Crippen LogP contribution in [0.25, 0.3) is 10.9 Å². The summed E-state index contributed by atoms with van der Waals surface area (Å²) in [7, 11) is 1.56. The molecule has 0 aliphatic carbocycles. The van der Waals surface area contributed by atoms with E-state index in [2.05, 4.69) is 10.3 Å². The van der Waals surface area contributed by atoms with Gasteiger partial charge in [-0.2, -0.15) is 0 Å². The van der Waals surface area contributed by atoms with Crippen LogP contribution in [0.2, 0.25) is 0 Å². The molecule has 29 heavy (non-hydrogen) atoms. The molecular weight excluding hydrogens is 368 g/mol. The molecule has 1 saturated heterocycles. The summed E-state index contributed by atoms with van der Waals surface area (Å²) in [6.45, 7) is 1.56. The predicted molar refractivity (Wildman–Crippen MR) is 110 cm³/mol. The largest absolute Gasteiger partial charge is 0.496 e. The monoisotopic (exact) mass is 392 g/mol. The molecule has 1 fully saturated rings. The van der Waals surface area contributed by atoms with E-state index in [0.29, 0.717) is 30.9 Å². The van der Waals surface area contributed by atoms with Crippen LogP contribution in [0.15, 0.2) is 55.0 Å². The second kappa shape index (κ2) is 8.34. The van der Waals surface area contributed by atoms with Crippen molar-refractivity contribution >= 4 is 22.7 Å². The number of hydrogen-bond acceptors (Lipinski definition) is 4. The number of methoxy groups -OCH3 is 1. The molecule has 0 spiro atoms. The van der Waals surface area contributed by atoms with Gasteiger partial charge in [0.25, 0.3) is 5.91 Å². The molecule has 1 aromatic carbocycles. The van der Waals surface area contributed by atoms with E-state index < -0.39 is 0 Å². The van der Waals surface area contributed by atoms with Crippen molar-refractivity contribution in [1.82, 2.24) is 19.8 Å². The Labute approximate surface area is 169 Å². The number of ether oxygens (including phenoxy) is 1. The van der Waals surface area contributed by atoms with Gasteiger partial charge < -0.3 is 19.5 Å². The summed E-state index contributed by atoms with van der Waals surface area (Å²) in [6, 6.07) is 11.2. The zero-order valence-electron chi connectivity index (χ0n) is 16.4. The fourth-order valence-corrected chi connectivity index (χ4v) is 3.78. The minimum atomic E-state index is -0.140. The molecule has 2 amide bonds. The summed E-state index contributed by atoms with van der Waals surface area (Å²) in [5.41, 5.74) is 1.49. The molecule has 1 aliphatic heterocycles. The summed E-state index contributed by atoms with van der Waals surface area (Å²) >= 11 is 0. The lowest BCUT2D eigenvalue weighted by Gasteiger charge is -2.32. The number of likely N-dealkylation sites (tertiary alicyclic amines) is 1. The quantitative estimate of drug-likeness (QED) is 0.724. The lowest BCUT2D eigenvalue weighted by atomic mass is 10.0. The summed E-state index contributed by atoms with van der Waals surface area (Å²) in [5, 5.41) is 4.14. The van der Waals surface area contributed by atoms with Crippen molar-refractivity contribution in [2.75, 3.05) is 20.2 Å². The third-order valence-electron chi connectivity index (χ3n) is 5.42. The molecule has 7 heteroatoms. The van der Waals surface area contributed by atoms with Gasteiger partial charge in [0.2, 0.25) is 5.91 Å². The Bertz CT molecular complexity index is 1020. The third-order valence-corrected chi connectivity index (χ3v) is 5.42. The highest BCUT2D eigenvalue weighted by Gasteiger charge is 2.25. The fraction of sp³-hybridized carbons (Fsp3) is 0.318. The average Bonchev–Trinajstić information content (AvgIpc) is 3.17. The Morgan fingerprint density at radius 3 is 2.76 bits per heavy atom. The highest BCUT2D eigenvalue weighted by Crippen LogP contribution is 2.19. The zero-order valence-corrected chi connectivity index (χ0v) is 16.4. The van der Waals surface area contributed by atoms with Crippen molar-refractivity contribution in [3.05, 3.63) is 60.6 Å². The van der Waals surface area contributed by atoms with Gasteiger partial charge in [-0.3, -0.25) is 14.6 Å². The number of carbonyl (C=O) groups excluding carboxylic acids is 2. The number of aromatic nitrogens is 2. The van der Waals surface area contributed by atoms with Gasteiger partial charge >= 0.3 is 0 Å². The number of carbonyl (C=O) groups is 2. The maximum atomic E-state index is 12.7. The van der Waals surface area contributed by atoms with Crippen molar-refractivity contribution in [3.8, 4) is 5.75 Å². The van der Waals surface area contributed by atoms with Crippen molar-refractivity contribution in [2.24, 2.45) is 0 Å². The zero-order chi connectivity index (χ0) is 20.2. The van der Waals surface area contributed by atoms with E-state index in [1.807, 2.05) is 39.9 Å². The van der Waals surface area contributed by atoms with Crippen molar-refractivity contribution < 1.29 is 14.3 Å². The van der Waals surface area contributed by atoms with Crippen LogP contribution in [0.3, 0.4) is 0 Å². The van der Waals surface area contributed by atoms with E-state index in [9.17, 15) is 9.59 Å². The third kappa shape index (κ3) is 4.08. The number of benzene rings is 1. The lowest BCUT2D eigenvalue weighted by molar-refractivity contribution is -0.132. The molecule has 150 valence electrons. The van der Waals surface area contributed by atoms with Crippen LogP contribution >= 0.6 is 0 Å². The smallest absolute Gasteiger partial charge is 0.255 e. The molecule has 0 bridgehead atoms. The van der Waals surface area contributed by atoms with E-state index in [1.165, 1.54) is 0 Å². The maximum Gasteiger partial charge on any atom is 0.255 e. The molecule has 0 atom stereocenters. The second-order valence-corrected chi connectivity index (χ2v) is 7.21. The Morgan fingerprint density at radius 1 is 1.17 bits per heavy atom. The van der Waals surface area contributed by atoms with Crippen LogP contribution in [0.1, 0.15) is 23.2 Å². The van der Waals surface area contributed by atoms with Gasteiger partial charge in [-0.05, 0) is 37.1 Å². The minimum absolute atomic E-state index is 0.0491. The normalized spacial score (nSPS) is 14.7. The number of hydrogen-bond donors (Lipinski definition) is 1. The van der Waals surface area contributed by atoms with E-state index in [4.69, 9.17) is 4.74 Å². The van der Waals surface area contributed by atoms with Gasteiger partial charge in [-0.1, -0.05) is 12.1 Å². The number of piperidine rings is 1. The number of amides is 2. The number of pyridine rings is 1. The minimum Gasteiger partial charge on any atom is -0.496 e. The van der Waals surface area contributed by atoms with Gasteiger partial charge in [0.05, 0.1) is 24.4 Å². The topological polar surface area (TPSA) is 76.5 Å². The summed E-state index contributed by atoms with van der Waals surface area (Å²) in [4.78, 5) is 31.3. The Balaban J connectivity index is 1.32. The van der Waals surface area contributed by atoms with Crippen molar-refractivity contribution in [1.29, 1.82) is 0 Å². The van der Waals surface area contributed by atoms with Gasteiger partial charge in [0.1, 0.15) is 12.3 Å². The highest BCUT2D eigenvalue weighted by molar-refractivity contribution is 5.97. The standard InChI is InChI=1S/C22H24N4O3/c1-29-20-5-3-2-4-18(20)22(28)24-17-8-12-25(13-9-17)21(27)15-26-11-7-16-6-10-23-14-19(16)26/h2-7,10-11,14,17H,8-9,12-13,15H2,1H3,(H,24,28). The predicted octanol–water partition coefficient (Wildman–Crippen LogP) is 2.47. The first kappa shape index (κ1) is 19.0. The van der Waals surface area contributed by atoms with Crippen molar-refractivity contribution in [3.63, 3.8) is 0 Å². The van der Waals surface area contributed by atoms with Crippen LogP contribution in [0, 0.1) is 0 Å². The van der Waals surface area contributed by atoms with E-state index in [-0.39, 0.29) is 17.9 Å². The number of fused-ring (bicyclic) bond motifs is 1. The van der Waals surface area contributed by atoms with E-state index >= 15 is 0 Å². The Morgan fingerprint density at radius 2 is 1.97 bits per heavy atom. The summed E-state index contributed by atoms with van der Waals surface area (Å²) in [5.74, 6) is 0.505. The SMILES string of the molecule is COc1ccccc1C(=O)NC1CCN(C(=O)Cn2ccc3ccncc32)CC1. The summed E-state index contributed by atoms with van der Waals surface area (Å²) < 4.78 is 7.19. The first-order valence-corrected chi connectivity index (χ1v) is 9.76. The average molecular weight is 392 g/mol. The highest BCUT2D eigenvalue weighted by atomic mass is 16.5. The molecule has 2 aromatic heterocycles. The van der Waals surface area contributed by atoms with Crippen LogP contribution in [0.4, 0.5) is 0 Å². The lowest BCUT2D eigenvalue weighted by Crippen LogP contribution is -2.47. The number of para-hydroxylation sites is 1. The molecular formula is C22H24N4O3. The first-order chi connectivity index (χ1) is 14.2. The molecule has 4 rings (SSSR count). The Kier molecular flexibility index (Phi) is 5.46. The van der Waals surface area contributed by atoms with Crippen molar-refractivity contribution in [2.45, 2.75) is 25.4 Å². The van der Waals surface area contributed by atoms with Crippen LogP contribution in [-0.4, -0.2) is 52.5 Å². The van der Waals surface area contributed by atoms with E-state index in [0.717, 1.165) is 23.7 Å². The molecule has 1 N–H and O–H groups in total. The molecule has 0 unspecified atom stereocenters. The van der Waals surface area contributed by atoms with Gasteiger partial charge in [-0.15, -0.1) is 0 Å². The molecule has 1 aliphatic rings.